The molecule has 1 fully saturated rings. The number of rotatable bonds is 7. The number of aryl methyl sites for hydroxylation is 1. The summed E-state index contributed by atoms with van der Waals surface area (Å²) in [6.07, 6.45) is 0.799. The van der Waals surface area contributed by atoms with E-state index in [1.807, 2.05) is 25.1 Å². The first kappa shape index (κ1) is 21.4. The van der Waals surface area contributed by atoms with Gasteiger partial charge in [-0.05, 0) is 37.1 Å². The number of hydrogen-bond acceptors (Lipinski definition) is 7. The molecular formula is C22H24N4O4S. The Morgan fingerprint density at radius 1 is 1.23 bits per heavy atom. The van der Waals surface area contributed by atoms with Crippen LogP contribution in [0.5, 0.6) is 0 Å². The maximum Gasteiger partial charge on any atom is 0.269 e. The molecule has 2 heterocycles. The van der Waals surface area contributed by atoms with Gasteiger partial charge in [0.2, 0.25) is 0 Å². The zero-order valence-corrected chi connectivity index (χ0v) is 18.1. The van der Waals surface area contributed by atoms with E-state index in [-0.39, 0.29) is 11.6 Å². The normalized spacial score (nSPS) is 14.6. The number of aromatic nitrogens is 1. The Morgan fingerprint density at radius 3 is 2.65 bits per heavy atom. The lowest BCUT2D eigenvalue weighted by Gasteiger charge is -2.27. The minimum Gasteiger partial charge on any atom is -0.379 e. The summed E-state index contributed by atoms with van der Waals surface area (Å²) < 4.78 is 6.43. The van der Waals surface area contributed by atoms with Gasteiger partial charge < -0.3 is 4.74 Å². The number of nitro groups is 1. The van der Waals surface area contributed by atoms with Gasteiger partial charge in [-0.2, -0.15) is 0 Å². The van der Waals surface area contributed by atoms with Crippen molar-refractivity contribution >= 4 is 38.3 Å². The molecule has 1 aromatic heterocycles. The molecule has 1 aliphatic heterocycles. The van der Waals surface area contributed by atoms with E-state index in [0.29, 0.717) is 17.2 Å². The Morgan fingerprint density at radius 2 is 1.97 bits per heavy atom. The van der Waals surface area contributed by atoms with Crippen LogP contribution in [-0.2, 0) is 4.74 Å². The highest BCUT2D eigenvalue weighted by atomic mass is 32.1. The van der Waals surface area contributed by atoms with E-state index < -0.39 is 4.92 Å². The molecule has 162 valence electrons. The molecule has 9 heteroatoms. The highest BCUT2D eigenvalue weighted by Gasteiger charge is 2.23. The van der Waals surface area contributed by atoms with Crippen LogP contribution < -0.4 is 4.90 Å². The minimum atomic E-state index is -0.468. The van der Waals surface area contributed by atoms with Crippen LogP contribution in [0.3, 0.4) is 0 Å². The first-order valence-corrected chi connectivity index (χ1v) is 11.1. The lowest BCUT2D eigenvalue weighted by atomic mass is 10.2. The highest BCUT2D eigenvalue weighted by Crippen LogP contribution is 2.31. The maximum atomic E-state index is 13.4. The second-order valence-corrected chi connectivity index (χ2v) is 8.50. The highest BCUT2D eigenvalue weighted by molar-refractivity contribution is 7.22. The van der Waals surface area contributed by atoms with Gasteiger partial charge in [0.1, 0.15) is 0 Å². The Bertz CT molecular complexity index is 1080. The molecule has 8 nitrogen and oxygen atoms in total. The van der Waals surface area contributed by atoms with E-state index >= 15 is 0 Å². The summed E-state index contributed by atoms with van der Waals surface area (Å²) >= 11 is 1.49. The first-order valence-electron chi connectivity index (χ1n) is 10.3. The van der Waals surface area contributed by atoms with Crippen molar-refractivity contribution < 1.29 is 14.5 Å². The van der Waals surface area contributed by atoms with Gasteiger partial charge in [-0.15, -0.1) is 0 Å². The number of non-ortho nitro benzene ring substituents is 1. The van der Waals surface area contributed by atoms with E-state index in [4.69, 9.17) is 9.72 Å². The molecule has 31 heavy (non-hydrogen) atoms. The van der Waals surface area contributed by atoms with Crippen LogP contribution in [0, 0.1) is 17.0 Å². The van der Waals surface area contributed by atoms with Crippen molar-refractivity contribution in [3.8, 4) is 0 Å². The molecule has 3 aromatic rings. The smallest absolute Gasteiger partial charge is 0.269 e. The van der Waals surface area contributed by atoms with E-state index in [2.05, 4.69) is 4.90 Å². The molecule has 0 radical (unpaired) electrons. The number of benzene rings is 2. The van der Waals surface area contributed by atoms with Gasteiger partial charge in [0.25, 0.3) is 11.6 Å². The third-order valence-electron chi connectivity index (χ3n) is 5.37. The lowest BCUT2D eigenvalue weighted by Crippen LogP contribution is -2.39. The fourth-order valence-electron chi connectivity index (χ4n) is 3.63. The van der Waals surface area contributed by atoms with Crippen LogP contribution in [0.4, 0.5) is 10.8 Å². The number of carbonyl (C=O) groups is 1. The number of hydrogen-bond donors (Lipinski definition) is 0. The van der Waals surface area contributed by atoms with Crippen molar-refractivity contribution in [2.24, 2.45) is 0 Å². The number of anilines is 1. The molecule has 1 amide bonds. The standard InChI is InChI=1S/C22H24N4O4S/c1-16-4-2-5-19-20(16)23-22(31-19)25(11-3-10-24-12-14-30-15-13-24)21(27)17-6-8-18(9-7-17)26(28)29/h2,4-9H,3,10-15H2,1H3. The summed E-state index contributed by atoms with van der Waals surface area (Å²) in [5.74, 6) is -0.200. The summed E-state index contributed by atoms with van der Waals surface area (Å²) in [4.78, 5) is 32.6. The van der Waals surface area contributed by atoms with Crippen molar-refractivity contribution in [3.63, 3.8) is 0 Å². The number of morpholine rings is 1. The van der Waals surface area contributed by atoms with Gasteiger partial charge in [0, 0.05) is 43.9 Å². The molecule has 2 aromatic carbocycles. The van der Waals surface area contributed by atoms with E-state index in [1.165, 1.54) is 35.6 Å². The zero-order chi connectivity index (χ0) is 21.8. The predicted octanol–water partition coefficient (Wildman–Crippen LogP) is 3.88. The summed E-state index contributed by atoms with van der Waals surface area (Å²) in [5, 5.41) is 11.6. The molecule has 4 rings (SSSR count). The maximum absolute atomic E-state index is 13.4. The van der Waals surface area contributed by atoms with Gasteiger partial charge in [0.05, 0.1) is 28.4 Å². The first-order chi connectivity index (χ1) is 15.0. The zero-order valence-electron chi connectivity index (χ0n) is 17.3. The van der Waals surface area contributed by atoms with Crippen LogP contribution in [0.15, 0.2) is 42.5 Å². The van der Waals surface area contributed by atoms with Gasteiger partial charge in [-0.3, -0.25) is 24.7 Å². The van der Waals surface area contributed by atoms with E-state index in [0.717, 1.165) is 55.0 Å². The third kappa shape index (κ3) is 4.90. The fraction of sp³-hybridized carbons (Fsp3) is 0.364. The molecule has 1 aliphatic rings. The van der Waals surface area contributed by atoms with Crippen molar-refractivity contribution in [2.75, 3.05) is 44.3 Å². The van der Waals surface area contributed by atoms with E-state index in [1.54, 1.807) is 4.90 Å². The molecule has 0 bridgehead atoms. The van der Waals surface area contributed by atoms with Crippen molar-refractivity contribution in [1.82, 2.24) is 9.88 Å². The summed E-state index contributed by atoms with van der Waals surface area (Å²) in [5.41, 5.74) is 2.34. The average molecular weight is 441 g/mol. The van der Waals surface area contributed by atoms with Crippen molar-refractivity contribution in [3.05, 3.63) is 63.7 Å². The SMILES string of the molecule is Cc1cccc2sc(N(CCCN3CCOCC3)C(=O)c3ccc([N+](=O)[O-])cc3)nc12. The predicted molar refractivity (Wildman–Crippen MR) is 121 cm³/mol. The molecule has 0 aliphatic carbocycles. The molecule has 0 N–H and O–H groups in total. The number of amides is 1. The van der Waals surface area contributed by atoms with Crippen molar-refractivity contribution in [1.29, 1.82) is 0 Å². The quantitative estimate of drug-likeness (QED) is 0.409. The Kier molecular flexibility index (Phi) is 6.55. The number of nitrogens with zero attached hydrogens (tertiary/aromatic N) is 4. The van der Waals surface area contributed by atoms with Gasteiger partial charge in [-0.1, -0.05) is 23.5 Å². The largest absolute Gasteiger partial charge is 0.379 e. The minimum absolute atomic E-state index is 0.0361. The average Bonchev–Trinajstić information content (AvgIpc) is 3.22. The second-order valence-electron chi connectivity index (χ2n) is 7.49. The summed E-state index contributed by atoms with van der Waals surface area (Å²) in [6.45, 7) is 6.68. The number of para-hydroxylation sites is 1. The lowest BCUT2D eigenvalue weighted by molar-refractivity contribution is -0.384. The van der Waals surface area contributed by atoms with Crippen LogP contribution in [-0.4, -0.2) is 60.1 Å². The van der Waals surface area contributed by atoms with Crippen LogP contribution >= 0.6 is 11.3 Å². The molecule has 0 saturated carbocycles. The molecule has 0 unspecified atom stereocenters. The topological polar surface area (TPSA) is 88.8 Å². The second kappa shape index (κ2) is 9.51. The van der Waals surface area contributed by atoms with Crippen LogP contribution in [0.1, 0.15) is 22.3 Å². The Hall–Kier alpha value is -2.88. The fourth-order valence-corrected chi connectivity index (χ4v) is 4.70. The number of fused-ring (bicyclic) bond motifs is 1. The van der Waals surface area contributed by atoms with Gasteiger partial charge >= 0.3 is 0 Å². The van der Waals surface area contributed by atoms with Crippen molar-refractivity contribution in [2.45, 2.75) is 13.3 Å². The van der Waals surface area contributed by atoms with Gasteiger partial charge in [0.15, 0.2) is 5.13 Å². The number of nitro benzene ring substituents is 1. The molecule has 1 saturated heterocycles. The molecular weight excluding hydrogens is 416 g/mol. The Labute approximate surface area is 184 Å². The third-order valence-corrected chi connectivity index (χ3v) is 6.41. The molecule has 0 atom stereocenters. The van der Waals surface area contributed by atoms with Crippen LogP contribution in [0.25, 0.3) is 10.2 Å². The monoisotopic (exact) mass is 440 g/mol. The van der Waals surface area contributed by atoms with Gasteiger partial charge in [-0.25, -0.2) is 4.98 Å². The number of carbonyl (C=O) groups excluding carboxylic acids is 1. The molecule has 0 spiro atoms. The summed E-state index contributed by atoms with van der Waals surface area (Å²) in [7, 11) is 0. The number of thiazole rings is 1. The number of ether oxygens (including phenoxy) is 1. The Balaban J connectivity index is 1.58. The summed E-state index contributed by atoms with van der Waals surface area (Å²) in [6, 6.07) is 11.7. The van der Waals surface area contributed by atoms with E-state index in [9.17, 15) is 14.9 Å². The van der Waals surface area contributed by atoms with Crippen LogP contribution in [0.2, 0.25) is 0 Å².